The zero-order chi connectivity index (χ0) is 19.3. The van der Waals surface area contributed by atoms with Gasteiger partial charge in [-0.05, 0) is 48.5 Å². The fraction of sp³-hybridized carbons (Fsp3) is 0.824. The summed E-state index contributed by atoms with van der Waals surface area (Å²) >= 11 is 0. The number of likely N-dealkylation sites (tertiary alicyclic amines) is 1. The number of hydrogen-bond acceptors (Lipinski definition) is 4. The SMILES string of the molecule is CCNC(=NCC(=O)NC(C)(C)C)NC1CN(C(=O)OC(C)(C)C)C1. The highest BCUT2D eigenvalue weighted by Gasteiger charge is 2.34. The van der Waals surface area contributed by atoms with Gasteiger partial charge in [0.15, 0.2) is 5.96 Å². The molecule has 25 heavy (non-hydrogen) atoms. The van der Waals surface area contributed by atoms with Gasteiger partial charge in [-0.2, -0.15) is 0 Å². The van der Waals surface area contributed by atoms with Gasteiger partial charge in [-0.25, -0.2) is 9.79 Å². The van der Waals surface area contributed by atoms with Crippen LogP contribution in [0.1, 0.15) is 48.5 Å². The zero-order valence-electron chi connectivity index (χ0n) is 16.5. The number of amides is 2. The maximum Gasteiger partial charge on any atom is 0.410 e. The Balaban J connectivity index is 2.45. The van der Waals surface area contributed by atoms with E-state index in [-0.39, 0.29) is 30.1 Å². The third-order valence-corrected chi connectivity index (χ3v) is 3.11. The fourth-order valence-corrected chi connectivity index (χ4v) is 2.17. The van der Waals surface area contributed by atoms with Gasteiger partial charge < -0.3 is 25.6 Å². The minimum atomic E-state index is -0.494. The fourth-order valence-electron chi connectivity index (χ4n) is 2.17. The second kappa shape index (κ2) is 8.40. The lowest BCUT2D eigenvalue weighted by Gasteiger charge is -2.40. The number of guanidine groups is 1. The predicted octanol–water partition coefficient (Wildman–Crippen LogP) is 1.08. The summed E-state index contributed by atoms with van der Waals surface area (Å²) in [5.41, 5.74) is -0.771. The summed E-state index contributed by atoms with van der Waals surface area (Å²) in [6, 6.07) is 0.0935. The van der Waals surface area contributed by atoms with Crippen LogP contribution >= 0.6 is 0 Å². The molecule has 0 aromatic rings. The lowest BCUT2D eigenvalue weighted by atomic mass is 10.1. The van der Waals surface area contributed by atoms with Gasteiger partial charge in [-0.1, -0.05) is 0 Å². The molecule has 3 N–H and O–H groups in total. The Morgan fingerprint density at radius 1 is 1.16 bits per heavy atom. The van der Waals surface area contributed by atoms with Crippen molar-refractivity contribution < 1.29 is 14.3 Å². The molecule has 8 nitrogen and oxygen atoms in total. The van der Waals surface area contributed by atoms with Crippen LogP contribution in [0.4, 0.5) is 4.79 Å². The van der Waals surface area contributed by atoms with Gasteiger partial charge in [-0.3, -0.25) is 4.79 Å². The highest BCUT2D eigenvalue weighted by molar-refractivity contribution is 5.85. The molecule has 0 atom stereocenters. The third kappa shape index (κ3) is 8.60. The second-order valence-corrected chi connectivity index (χ2v) is 8.22. The maximum atomic E-state index is 11.9. The molecule has 2 amide bonds. The Morgan fingerprint density at radius 2 is 1.76 bits per heavy atom. The monoisotopic (exact) mass is 355 g/mol. The van der Waals surface area contributed by atoms with E-state index in [2.05, 4.69) is 20.9 Å². The van der Waals surface area contributed by atoms with E-state index < -0.39 is 5.60 Å². The average Bonchev–Trinajstić information content (AvgIpc) is 2.35. The van der Waals surface area contributed by atoms with Crippen molar-refractivity contribution in [1.82, 2.24) is 20.9 Å². The molecular formula is C17H33N5O3. The van der Waals surface area contributed by atoms with Crippen molar-refractivity contribution in [2.75, 3.05) is 26.2 Å². The lowest BCUT2D eigenvalue weighted by Crippen LogP contribution is -2.63. The Labute approximate surface area is 150 Å². The largest absolute Gasteiger partial charge is 0.444 e. The molecule has 1 aliphatic rings. The van der Waals surface area contributed by atoms with Crippen molar-refractivity contribution >= 4 is 18.0 Å². The van der Waals surface area contributed by atoms with Crippen LogP contribution in [0.15, 0.2) is 4.99 Å². The predicted molar refractivity (Wildman–Crippen MR) is 98.6 cm³/mol. The summed E-state index contributed by atoms with van der Waals surface area (Å²) in [6.07, 6.45) is -0.308. The van der Waals surface area contributed by atoms with Gasteiger partial charge in [-0.15, -0.1) is 0 Å². The zero-order valence-corrected chi connectivity index (χ0v) is 16.5. The van der Waals surface area contributed by atoms with E-state index in [9.17, 15) is 9.59 Å². The number of nitrogens with zero attached hydrogens (tertiary/aromatic N) is 2. The Bertz CT molecular complexity index is 499. The van der Waals surface area contributed by atoms with Crippen molar-refractivity contribution in [2.24, 2.45) is 4.99 Å². The number of carbonyl (C=O) groups is 2. The first-order chi connectivity index (χ1) is 11.4. The van der Waals surface area contributed by atoms with E-state index in [1.807, 2.05) is 48.5 Å². The molecule has 1 aliphatic heterocycles. The molecule has 0 radical (unpaired) electrons. The van der Waals surface area contributed by atoms with Gasteiger partial charge in [0, 0.05) is 25.2 Å². The summed E-state index contributed by atoms with van der Waals surface area (Å²) in [5.74, 6) is 0.439. The number of nitrogens with one attached hydrogen (secondary N) is 3. The number of rotatable bonds is 4. The summed E-state index contributed by atoms with van der Waals surface area (Å²) in [6.45, 7) is 15.1. The average molecular weight is 355 g/mol. The minimum Gasteiger partial charge on any atom is -0.444 e. The third-order valence-electron chi connectivity index (χ3n) is 3.11. The smallest absolute Gasteiger partial charge is 0.410 e. The molecule has 0 spiro atoms. The number of hydrogen-bond donors (Lipinski definition) is 3. The molecule has 1 heterocycles. The molecule has 144 valence electrons. The molecule has 0 bridgehead atoms. The topological polar surface area (TPSA) is 95.1 Å². The van der Waals surface area contributed by atoms with Crippen molar-refractivity contribution in [3.63, 3.8) is 0 Å². The molecule has 1 fully saturated rings. The van der Waals surface area contributed by atoms with Crippen LogP contribution in [-0.2, 0) is 9.53 Å². The van der Waals surface area contributed by atoms with Crippen LogP contribution in [0.25, 0.3) is 0 Å². The van der Waals surface area contributed by atoms with Crippen LogP contribution in [-0.4, -0.2) is 66.2 Å². The first-order valence-electron chi connectivity index (χ1n) is 8.73. The second-order valence-electron chi connectivity index (χ2n) is 8.22. The van der Waals surface area contributed by atoms with Crippen LogP contribution < -0.4 is 16.0 Å². The maximum absolute atomic E-state index is 11.9. The quantitative estimate of drug-likeness (QED) is 0.518. The molecule has 0 aromatic carbocycles. The Morgan fingerprint density at radius 3 is 2.24 bits per heavy atom. The van der Waals surface area contributed by atoms with Crippen LogP contribution in [0.5, 0.6) is 0 Å². The van der Waals surface area contributed by atoms with Crippen LogP contribution in [0, 0.1) is 0 Å². The van der Waals surface area contributed by atoms with Crippen LogP contribution in [0.2, 0.25) is 0 Å². The molecular weight excluding hydrogens is 322 g/mol. The summed E-state index contributed by atoms with van der Waals surface area (Å²) in [4.78, 5) is 29.7. The van der Waals surface area contributed by atoms with Crippen molar-refractivity contribution in [3.8, 4) is 0 Å². The summed E-state index contributed by atoms with van der Waals surface area (Å²) in [7, 11) is 0. The number of ether oxygens (including phenoxy) is 1. The van der Waals surface area contributed by atoms with Gasteiger partial charge >= 0.3 is 6.09 Å². The Hall–Kier alpha value is -1.99. The Kier molecular flexibility index (Phi) is 7.07. The normalized spacial score (nSPS) is 16.1. The van der Waals surface area contributed by atoms with E-state index in [1.165, 1.54) is 0 Å². The van der Waals surface area contributed by atoms with Gasteiger partial charge in [0.05, 0.1) is 6.04 Å². The van der Waals surface area contributed by atoms with Crippen molar-refractivity contribution in [2.45, 2.75) is 65.6 Å². The highest BCUT2D eigenvalue weighted by atomic mass is 16.6. The molecule has 8 heteroatoms. The van der Waals surface area contributed by atoms with Gasteiger partial charge in [0.2, 0.25) is 5.91 Å². The van der Waals surface area contributed by atoms with Crippen molar-refractivity contribution in [1.29, 1.82) is 0 Å². The molecule has 0 aromatic heterocycles. The number of carbonyl (C=O) groups excluding carboxylic acids is 2. The standard InChI is InChI=1S/C17H33N5O3/c1-8-18-14(19-9-13(23)21-16(2,3)4)20-12-10-22(11-12)15(24)25-17(5,6)7/h12H,8-11H2,1-7H3,(H,21,23)(H2,18,19,20). The first-order valence-corrected chi connectivity index (χ1v) is 8.73. The molecule has 1 rings (SSSR count). The van der Waals surface area contributed by atoms with E-state index in [0.717, 1.165) is 0 Å². The summed E-state index contributed by atoms with van der Waals surface area (Å²) < 4.78 is 5.33. The minimum absolute atomic E-state index is 0.0507. The van der Waals surface area contributed by atoms with E-state index in [4.69, 9.17) is 4.74 Å². The summed E-state index contributed by atoms with van der Waals surface area (Å²) in [5, 5.41) is 9.21. The number of aliphatic imine (C=N–C) groups is 1. The van der Waals surface area contributed by atoms with E-state index >= 15 is 0 Å². The first kappa shape index (κ1) is 21.1. The van der Waals surface area contributed by atoms with E-state index in [1.54, 1.807) is 4.90 Å². The molecule has 0 aliphatic carbocycles. The van der Waals surface area contributed by atoms with Gasteiger partial charge in [0.1, 0.15) is 12.1 Å². The van der Waals surface area contributed by atoms with E-state index in [0.29, 0.717) is 25.6 Å². The highest BCUT2D eigenvalue weighted by Crippen LogP contribution is 2.15. The molecule has 0 saturated carbocycles. The van der Waals surface area contributed by atoms with Crippen molar-refractivity contribution in [3.05, 3.63) is 0 Å². The lowest BCUT2D eigenvalue weighted by molar-refractivity contribution is -0.121. The van der Waals surface area contributed by atoms with Gasteiger partial charge in [0.25, 0.3) is 0 Å². The molecule has 0 unspecified atom stereocenters. The molecule has 1 saturated heterocycles. The van der Waals surface area contributed by atoms with Crippen LogP contribution in [0.3, 0.4) is 0 Å².